The van der Waals surface area contributed by atoms with Crippen LogP contribution in [-0.4, -0.2) is 65.8 Å². The van der Waals surface area contributed by atoms with E-state index in [2.05, 4.69) is 31.0 Å². The maximum atomic E-state index is 11.2. The molecule has 2 heterocycles. The van der Waals surface area contributed by atoms with E-state index in [0.717, 1.165) is 32.6 Å². The molecule has 0 aromatic carbocycles. The van der Waals surface area contributed by atoms with Crippen molar-refractivity contribution in [3.63, 3.8) is 0 Å². The average Bonchev–Trinajstić information content (AvgIpc) is 2.75. The van der Waals surface area contributed by atoms with Crippen LogP contribution in [0, 0.1) is 5.41 Å². The van der Waals surface area contributed by atoms with Gasteiger partial charge < -0.3 is 15.3 Å². The summed E-state index contributed by atoms with van der Waals surface area (Å²) in [6.07, 6.45) is 0.166. The molecule has 1 amide bonds. The van der Waals surface area contributed by atoms with Gasteiger partial charge in [-0.25, -0.2) is 4.79 Å². The summed E-state index contributed by atoms with van der Waals surface area (Å²) in [5, 5.41) is 12.6. The SMILES string of the molecule is CC(C)(C)[C@@]1(N2CCNCC2)CCN(C(=O)O)C1. The van der Waals surface area contributed by atoms with Gasteiger partial charge in [0.05, 0.1) is 0 Å². The lowest BCUT2D eigenvalue weighted by molar-refractivity contribution is -0.00761. The van der Waals surface area contributed by atoms with Crippen molar-refractivity contribution < 1.29 is 9.90 Å². The average molecular weight is 255 g/mol. The monoisotopic (exact) mass is 255 g/mol. The van der Waals surface area contributed by atoms with Crippen molar-refractivity contribution in [1.82, 2.24) is 15.1 Å². The fraction of sp³-hybridized carbons (Fsp3) is 0.923. The molecule has 2 N–H and O–H groups in total. The Kier molecular flexibility index (Phi) is 3.56. The number of piperazine rings is 1. The second-order valence-corrected chi connectivity index (χ2v) is 6.47. The maximum absolute atomic E-state index is 11.2. The lowest BCUT2D eigenvalue weighted by atomic mass is 9.71. The molecule has 0 aromatic rings. The number of hydrogen-bond acceptors (Lipinski definition) is 3. The highest BCUT2D eigenvalue weighted by atomic mass is 16.4. The molecule has 0 aliphatic carbocycles. The Morgan fingerprint density at radius 3 is 2.28 bits per heavy atom. The zero-order valence-corrected chi connectivity index (χ0v) is 11.7. The molecule has 2 rings (SSSR count). The lowest BCUT2D eigenvalue weighted by Gasteiger charge is -2.51. The Balaban J connectivity index is 2.22. The van der Waals surface area contributed by atoms with Gasteiger partial charge in [-0.05, 0) is 11.8 Å². The summed E-state index contributed by atoms with van der Waals surface area (Å²) in [5.41, 5.74) is 0.0853. The highest BCUT2D eigenvalue weighted by Gasteiger charge is 2.51. The standard InChI is InChI=1S/C13H25N3O2/c1-12(2,3)13(16-8-5-14-6-9-16)4-7-15(10-13)11(17)18/h14H,4-10H2,1-3H3,(H,17,18)/t13-/m1/s1. The Morgan fingerprint density at radius 1 is 1.22 bits per heavy atom. The Morgan fingerprint density at radius 2 is 1.83 bits per heavy atom. The van der Waals surface area contributed by atoms with Crippen LogP contribution in [0.3, 0.4) is 0 Å². The van der Waals surface area contributed by atoms with Gasteiger partial charge in [-0.1, -0.05) is 20.8 Å². The molecular formula is C13H25N3O2. The summed E-state index contributed by atoms with van der Waals surface area (Å²) in [5.74, 6) is 0. The molecule has 2 aliphatic heterocycles. The van der Waals surface area contributed by atoms with Crippen molar-refractivity contribution in [2.24, 2.45) is 5.41 Å². The predicted molar refractivity (Wildman–Crippen MR) is 70.8 cm³/mol. The Hall–Kier alpha value is -0.810. The molecule has 104 valence electrons. The summed E-state index contributed by atoms with van der Waals surface area (Å²) in [7, 11) is 0. The molecule has 0 saturated carbocycles. The minimum absolute atomic E-state index is 0.00646. The Labute approximate surface area is 109 Å². The minimum atomic E-state index is -0.781. The first-order valence-corrected chi connectivity index (χ1v) is 6.80. The molecule has 5 heteroatoms. The van der Waals surface area contributed by atoms with Crippen molar-refractivity contribution in [2.45, 2.75) is 32.7 Å². The highest BCUT2D eigenvalue weighted by molar-refractivity contribution is 5.65. The summed E-state index contributed by atoms with van der Waals surface area (Å²) >= 11 is 0. The van der Waals surface area contributed by atoms with Gasteiger partial charge in [-0.3, -0.25) is 4.90 Å². The molecule has 18 heavy (non-hydrogen) atoms. The van der Waals surface area contributed by atoms with Crippen LogP contribution in [0.4, 0.5) is 4.79 Å². The number of rotatable bonds is 1. The van der Waals surface area contributed by atoms with E-state index in [0.29, 0.717) is 13.1 Å². The second-order valence-electron chi connectivity index (χ2n) is 6.47. The van der Waals surface area contributed by atoms with E-state index >= 15 is 0 Å². The third-order valence-electron chi connectivity index (χ3n) is 4.64. The molecule has 0 bridgehead atoms. The first-order valence-electron chi connectivity index (χ1n) is 6.80. The summed E-state index contributed by atoms with van der Waals surface area (Å²) in [6, 6.07) is 0. The number of carbonyl (C=O) groups is 1. The summed E-state index contributed by atoms with van der Waals surface area (Å²) < 4.78 is 0. The minimum Gasteiger partial charge on any atom is -0.465 e. The van der Waals surface area contributed by atoms with E-state index < -0.39 is 6.09 Å². The molecule has 2 saturated heterocycles. The van der Waals surface area contributed by atoms with E-state index in [1.807, 2.05) is 0 Å². The van der Waals surface area contributed by atoms with Gasteiger partial charge in [-0.2, -0.15) is 0 Å². The number of hydrogen-bond donors (Lipinski definition) is 2. The maximum Gasteiger partial charge on any atom is 0.407 e. The van der Waals surface area contributed by atoms with Crippen LogP contribution in [0.2, 0.25) is 0 Å². The van der Waals surface area contributed by atoms with Crippen LogP contribution in [0.15, 0.2) is 0 Å². The predicted octanol–water partition coefficient (Wildman–Crippen LogP) is 1.06. The number of likely N-dealkylation sites (tertiary alicyclic amines) is 1. The third kappa shape index (κ3) is 2.21. The molecule has 0 unspecified atom stereocenters. The molecule has 5 nitrogen and oxygen atoms in total. The van der Waals surface area contributed by atoms with Gasteiger partial charge in [0.15, 0.2) is 0 Å². The normalized spacial score (nSPS) is 30.7. The summed E-state index contributed by atoms with van der Waals surface area (Å²) in [6.45, 7) is 12.1. The number of nitrogens with zero attached hydrogens (tertiary/aromatic N) is 2. The van der Waals surface area contributed by atoms with E-state index in [4.69, 9.17) is 0 Å². The third-order valence-corrected chi connectivity index (χ3v) is 4.64. The first kappa shape index (κ1) is 13.6. The van der Waals surface area contributed by atoms with Gasteiger partial charge >= 0.3 is 6.09 Å². The van der Waals surface area contributed by atoms with Crippen molar-refractivity contribution in [3.8, 4) is 0 Å². The van der Waals surface area contributed by atoms with Crippen LogP contribution in [0.5, 0.6) is 0 Å². The number of nitrogens with one attached hydrogen (secondary N) is 1. The first-order chi connectivity index (χ1) is 8.37. The van der Waals surface area contributed by atoms with Crippen molar-refractivity contribution >= 4 is 6.09 Å². The lowest BCUT2D eigenvalue weighted by Crippen LogP contribution is -2.63. The molecule has 0 spiro atoms. The molecule has 0 aromatic heterocycles. The highest BCUT2D eigenvalue weighted by Crippen LogP contribution is 2.43. The van der Waals surface area contributed by atoms with Gasteiger partial charge in [-0.15, -0.1) is 0 Å². The zero-order chi connectivity index (χ0) is 13.4. The van der Waals surface area contributed by atoms with Crippen LogP contribution >= 0.6 is 0 Å². The van der Waals surface area contributed by atoms with Gasteiger partial charge in [0, 0.05) is 44.8 Å². The van der Waals surface area contributed by atoms with Gasteiger partial charge in [0.1, 0.15) is 0 Å². The fourth-order valence-corrected chi connectivity index (χ4v) is 3.39. The molecule has 1 atom stereocenters. The van der Waals surface area contributed by atoms with E-state index in [1.165, 1.54) is 0 Å². The second kappa shape index (κ2) is 4.70. The molecule has 2 aliphatic rings. The van der Waals surface area contributed by atoms with Gasteiger partial charge in [0.25, 0.3) is 0 Å². The summed E-state index contributed by atoms with van der Waals surface area (Å²) in [4.78, 5) is 15.3. The Bertz CT molecular complexity index is 321. The smallest absolute Gasteiger partial charge is 0.407 e. The molecular weight excluding hydrogens is 230 g/mol. The van der Waals surface area contributed by atoms with Crippen LogP contribution < -0.4 is 5.32 Å². The van der Waals surface area contributed by atoms with Crippen molar-refractivity contribution in [2.75, 3.05) is 39.3 Å². The van der Waals surface area contributed by atoms with Crippen molar-refractivity contribution in [3.05, 3.63) is 0 Å². The molecule has 0 radical (unpaired) electrons. The topological polar surface area (TPSA) is 55.8 Å². The van der Waals surface area contributed by atoms with Crippen LogP contribution in [-0.2, 0) is 0 Å². The van der Waals surface area contributed by atoms with E-state index in [1.54, 1.807) is 4.90 Å². The van der Waals surface area contributed by atoms with Crippen molar-refractivity contribution in [1.29, 1.82) is 0 Å². The molecule has 2 fully saturated rings. The number of carboxylic acid groups (broad SMARTS) is 1. The van der Waals surface area contributed by atoms with E-state index in [-0.39, 0.29) is 11.0 Å². The van der Waals surface area contributed by atoms with Gasteiger partial charge in [0.2, 0.25) is 0 Å². The largest absolute Gasteiger partial charge is 0.465 e. The number of amides is 1. The quantitative estimate of drug-likeness (QED) is 0.735. The fourth-order valence-electron chi connectivity index (χ4n) is 3.39. The van der Waals surface area contributed by atoms with E-state index in [9.17, 15) is 9.90 Å². The van der Waals surface area contributed by atoms with Crippen LogP contribution in [0.1, 0.15) is 27.2 Å². The van der Waals surface area contributed by atoms with Crippen LogP contribution in [0.25, 0.3) is 0 Å². The zero-order valence-electron chi connectivity index (χ0n) is 11.7.